The second-order valence-electron chi connectivity index (χ2n) is 3.70. The van der Waals surface area contributed by atoms with E-state index in [1.54, 1.807) is 6.92 Å². The molecule has 1 fully saturated rings. The molecule has 14 heavy (non-hydrogen) atoms. The minimum Gasteiger partial charge on any atom is -0.480 e. The lowest BCUT2D eigenvalue weighted by Gasteiger charge is -2.25. The number of nitrogens with one attached hydrogen (secondary N) is 1. The Morgan fingerprint density at radius 1 is 1.43 bits per heavy atom. The maximum absolute atomic E-state index is 11.4. The lowest BCUT2D eigenvalue weighted by atomic mass is 9.98. The van der Waals surface area contributed by atoms with Crippen LogP contribution < -0.4 is 5.32 Å². The summed E-state index contributed by atoms with van der Waals surface area (Å²) in [5.41, 5.74) is -1.01. The molecule has 0 saturated heterocycles. The smallest absolute Gasteiger partial charge is 0.329 e. The number of halogens is 1. The highest BCUT2D eigenvalue weighted by Crippen LogP contribution is 2.30. The standard InChI is InChI=1S/C9H14BrNO3/c1-6(10)7(12)11-9(8(13)14)4-2-3-5-9/h6H,2-5H2,1H3,(H,11,12)(H,13,14)/t6-/m0/s1. The SMILES string of the molecule is C[C@H](Br)C(=O)NC1(C(=O)O)CCCC1. The van der Waals surface area contributed by atoms with E-state index in [1.165, 1.54) is 0 Å². The number of hydrogen-bond donors (Lipinski definition) is 2. The van der Waals surface area contributed by atoms with Crippen molar-refractivity contribution in [2.75, 3.05) is 0 Å². The second kappa shape index (κ2) is 4.29. The van der Waals surface area contributed by atoms with Gasteiger partial charge in [-0.2, -0.15) is 0 Å². The van der Waals surface area contributed by atoms with Crippen molar-refractivity contribution in [2.45, 2.75) is 43.0 Å². The number of hydrogen-bond acceptors (Lipinski definition) is 2. The Kier molecular flexibility index (Phi) is 3.53. The summed E-state index contributed by atoms with van der Waals surface area (Å²) in [7, 11) is 0. The fourth-order valence-electron chi connectivity index (χ4n) is 1.71. The molecule has 0 bridgehead atoms. The Morgan fingerprint density at radius 2 is 1.93 bits per heavy atom. The highest BCUT2D eigenvalue weighted by molar-refractivity contribution is 9.10. The Bertz CT molecular complexity index is 246. The number of carboxylic acids is 1. The molecule has 0 heterocycles. The van der Waals surface area contributed by atoms with Crippen LogP contribution in [0.2, 0.25) is 0 Å². The van der Waals surface area contributed by atoms with Crippen LogP contribution in [-0.2, 0) is 9.59 Å². The van der Waals surface area contributed by atoms with Gasteiger partial charge in [-0.25, -0.2) is 4.79 Å². The lowest BCUT2D eigenvalue weighted by Crippen LogP contribution is -2.54. The van der Waals surface area contributed by atoms with Crippen LogP contribution >= 0.6 is 15.9 Å². The van der Waals surface area contributed by atoms with Crippen molar-refractivity contribution in [1.82, 2.24) is 5.32 Å². The molecule has 0 aromatic rings. The third kappa shape index (κ3) is 2.26. The summed E-state index contributed by atoms with van der Waals surface area (Å²) in [6.07, 6.45) is 2.80. The molecule has 0 unspecified atom stereocenters. The summed E-state index contributed by atoms with van der Waals surface area (Å²) in [4.78, 5) is 22.1. The zero-order valence-electron chi connectivity index (χ0n) is 8.05. The van der Waals surface area contributed by atoms with Gasteiger partial charge in [-0.05, 0) is 19.8 Å². The largest absolute Gasteiger partial charge is 0.480 e. The van der Waals surface area contributed by atoms with E-state index in [1.807, 2.05) is 0 Å². The van der Waals surface area contributed by atoms with Crippen LogP contribution in [0.4, 0.5) is 0 Å². The molecule has 80 valence electrons. The molecule has 0 aromatic heterocycles. The van der Waals surface area contributed by atoms with Gasteiger partial charge in [-0.1, -0.05) is 28.8 Å². The van der Waals surface area contributed by atoms with Gasteiger partial charge in [-0.15, -0.1) is 0 Å². The zero-order valence-corrected chi connectivity index (χ0v) is 9.63. The Morgan fingerprint density at radius 3 is 2.29 bits per heavy atom. The van der Waals surface area contributed by atoms with Gasteiger partial charge in [0.05, 0.1) is 4.83 Å². The summed E-state index contributed by atoms with van der Waals surface area (Å²) >= 11 is 3.12. The normalized spacial score (nSPS) is 21.6. The molecule has 5 heteroatoms. The highest BCUT2D eigenvalue weighted by atomic mass is 79.9. The quantitative estimate of drug-likeness (QED) is 0.755. The van der Waals surface area contributed by atoms with E-state index in [-0.39, 0.29) is 10.7 Å². The Balaban J connectivity index is 2.70. The van der Waals surface area contributed by atoms with Crippen molar-refractivity contribution in [3.63, 3.8) is 0 Å². The van der Waals surface area contributed by atoms with Crippen molar-refractivity contribution in [1.29, 1.82) is 0 Å². The van der Waals surface area contributed by atoms with Crippen LogP contribution in [0, 0.1) is 0 Å². The van der Waals surface area contributed by atoms with Crippen molar-refractivity contribution in [3.8, 4) is 0 Å². The molecular weight excluding hydrogens is 250 g/mol. The average Bonchev–Trinajstić information content (AvgIpc) is 2.53. The van der Waals surface area contributed by atoms with E-state index in [0.29, 0.717) is 12.8 Å². The van der Waals surface area contributed by atoms with Crippen molar-refractivity contribution < 1.29 is 14.7 Å². The van der Waals surface area contributed by atoms with E-state index >= 15 is 0 Å². The Labute approximate surface area is 91.2 Å². The molecule has 1 rings (SSSR count). The van der Waals surface area contributed by atoms with Crippen molar-refractivity contribution in [2.24, 2.45) is 0 Å². The first-order valence-electron chi connectivity index (χ1n) is 4.67. The van der Waals surface area contributed by atoms with E-state index < -0.39 is 11.5 Å². The fraction of sp³-hybridized carbons (Fsp3) is 0.778. The summed E-state index contributed by atoms with van der Waals surface area (Å²) in [6.45, 7) is 1.68. The summed E-state index contributed by atoms with van der Waals surface area (Å²) < 4.78 is 0. The number of rotatable bonds is 3. The molecule has 1 aliphatic carbocycles. The number of amides is 1. The first kappa shape index (κ1) is 11.5. The first-order chi connectivity index (χ1) is 6.48. The first-order valence-corrected chi connectivity index (χ1v) is 5.59. The molecule has 1 amide bonds. The van der Waals surface area contributed by atoms with Gasteiger partial charge in [0, 0.05) is 0 Å². The topological polar surface area (TPSA) is 66.4 Å². The number of carbonyl (C=O) groups is 2. The fourth-order valence-corrected chi connectivity index (χ4v) is 1.82. The van der Waals surface area contributed by atoms with E-state index in [2.05, 4.69) is 21.2 Å². The lowest BCUT2D eigenvalue weighted by molar-refractivity contribution is -0.147. The molecule has 0 radical (unpaired) electrons. The number of carbonyl (C=O) groups excluding carboxylic acids is 1. The van der Waals surface area contributed by atoms with E-state index in [0.717, 1.165) is 12.8 Å². The summed E-state index contributed by atoms with van der Waals surface area (Å²) in [5, 5.41) is 11.7. The maximum atomic E-state index is 11.4. The molecule has 1 atom stereocenters. The zero-order chi connectivity index (χ0) is 10.8. The predicted molar refractivity (Wildman–Crippen MR) is 55.4 cm³/mol. The molecule has 0 aromatic carbocycles. The summed E-state index contributed by atoms with van der Waals surface area (Å²) in [5.74, 6) is -1.18. The van der Waals surface area contributed by atoms with Crippen LogP contribution in [0.3, 0.4) is 0 Å². The highest BCUT2D eigenvalue weighted by Gasteiger charge is 2.42. The predicted octanol–water partition coefficient (Wildman–Crippen LogP) is 1.28. The van der Waals surface area contributed by atoms with Gasteiger partial charge in [0.25, 0.3) is 0 Å². The van der Waals surface area contributed by atoms with Crippen LogP contribution in [0.25, 0.3) is 0 Å². The van der Waals surface area contributed by atoms with Crippen LogP contribution in [0.5, 0.6) is 0 Å². The minimum atomic E-state index is -1.01. The third-order valence-electron chi connectivity index (χ3n) is 2.59. The van der Waals surface area contributed by atoms with Crippen molar-refractivity contribution in [3.05, 3.63) is 0 Å². The van der Waals surface area contributed by atoms with E-state index in [9.17, 15) is 9.59 Å². The van der Waals surface area contributed by atoms with Gasteiger partial charge in [0.15, 0.2) is 0 Å². The third-order valence-corrected chi connectivity index (χ3v) is 3.01. The molecule has 1 aliphatic rings. The molecule has 4 nitrogen and oxygen atoms in total. The number of alkyl halides is 1. The van der Waals surface area contributed by atoms with E-state index in [4.69, 9.17) is 5.11 Å². The second-order valence-corrected chi connectivity index (χ2v) is 5.07. The van der Waals surface area contributed by atoms with Gasteiger partial charge >= 0.3 is 5.97 Å². The minimum absolute atomic E-state index is 0.255. The molecule has 0 spiro atoms. The molecule has 2 N–H and O–H groups in total. The Hall–Kier alpha value is -0.580. The molecule has 1 saturated carbocycles. The molecular formula is C9H14BrNO3. The number of aliphatic carboxylic acids is 1. The van der Waals surface area contributed by atoms with Crippen molar-refractivity contribution >= 4 is 27.8 Å². The van der Waals surface area contributed by atoms with Gasteiger partial charge in [0.2, 0.25) is 5.91 Å². The maximum Gasteiger partial charge on any atom is 0.329 e. The van der Waals surface area contributed by atoms with Gasteiger partial charge < -0.3 is 10.4 Å². The van der Waals surface area contributed by atoms with Crippen LogP contribution in [0.15, 0.2) is 0 Å². The van der Waals surface area contributed by atoms with Gasteiger partial charge in [0.1, 0.15) is 5.54 Å². The average molecular weight is 264 g/mol. The number of carboxylic acid groups (broad SMARTS) is 1. The van der Waals surface area contributed by atoms with Gasteiger partial charge in [-0.3, -0.25) is 4.79 Å². The molecule has 0 aliphatic heterocycles. The van der Waals surface area contributed by atoms with Crippen LogP contribution in [-0.4, -0.2) is 27.3 Å². The van der Waals surface area contributed by atoms with Crippen LogP contribution in [0.1, 0.15) is 32.6 Å². The summed E-state index contributed by atoms with van der Waals surface area (Å²) in [6, 6.07) is 0. The monoisotopic (exact) mass is 263 g/mol.